The number of rotatable bonds is 3. The first-order chi connectivity index (χ1) is 22.3. The monoisotopic (exact) mass is 576 g/mol. The summed E-state index contributed by atoms with van der Waals surface area (Å²) in [4.78, 5) is 0. The van der Waals surface area contributed by atoms with E-state index in [-0.39, 0.29) is 0 Å². The van der Waals surface area contributed by atoms with Crippen molar-refractivity contribution in [1.29, 1.82) is 0 Å². The van der Waals surface area contributed by atoms with E-state index >= 15 is 0 Å². The Hall–Kier alpha value is -5.80. The largest absolute Gasteiger partial charge is 0.456 e. The van der Waals surface area contributed by atoms with E-state index in [2.05, 4.69) is 155 Å². The first-order valence-electron chi connectivity index (χ1n) is 15.7. The highest BCUT2D eigenvalue weighted by atomic mass is 16.3. The fourth-order valence-electron chi connectivity index (χ4n) is 7.57. The van der Waals surface area contributed by atoms with Crippen molar-refractivity contribution in [2.45, 2.75) is 12.8 Å². The van der Waals surface area contributed by atoms with Crippen molar-refractivity contribution in [3.8, 4) is 5.69 Å². The standard InChI is InChI=1S/C42H28N2O/c1-5-16-37-31(12-1)32-13-2-6-17-38(32)43(37)29-11-9-10-27(24-29)28-20-22-41-35(25-28)36-26-30(21-23-42(36)45-41)44-39-18-7-3-14-33(39)34-15-4-8-19-40(34)44/h1-8,11-26H,9-10H2. The Kier molecular flexibility index (Phi) is 5.11. The minimum Gasteiger partial charge on any atom is -0.456 e. The quantitative estimate of drug-likeness (QED) is 0.205. The molecule has 0 saturated heterocycles. The van der Waals surface area contributed by atoms with Crippen LogP contribution in [0.2, 0.25) is 0 Å². The van der Waals surface area contributed by atoms with Crippen molar-refractivity contribution in [1.82, 2.24) is 9.13 Å². The van der Waals surface area contributed by atoms with Gasteiger partial charge in [0.2, 0.25) is 0 Å². The molecular weight excluding hydrogens is 548 g/mol. The molecular formula is C42H28N2O. The average molecular weight is 577 g/mol. The van der Waals surface area contributed by atoms with E-state index in [9.17, 15) is 0 Å². The number of fused-ring (bicyclic) bond motifs is 9. The summed E-state index contributed by atoms with van der Waals surface area (Å²) in [6.45, 7) is 0. The van der Waals surface area contributed by atoms with Gasteiger partial charge in [-0.2, -0.15) is 0 Å². The van der Waals surface area contributed by atoms with Crippen LogP contribution in [0.4, 0.5) is 0 Å². The molecule has 1 aliphatic carbocycles. The Morgan fingerprint density at radius 1 is 0.467 bits per heavy atom. The predicted octanol–water partition coefficient (Wildman–Crippen LogP) is 11.5. The van der Waals surface area contributed by atoms with Gasteiger partial charge in [0, 0.05) is 43.7 Å². The van der Waals surface area contributed by atoms with Crippen LogP contribution in [-0.2, 0) is 0 Å². The van der Waals surface area contributed by atoms with Gasteiger partial charge in [-0.3, -0.25) is 0 Å². The van der Waals surface area contributed by atoms with Crippen LogP contribution >= 0.6 is 0 Å². The van der Waals surface area contributed by atoms with Crippen LogP contribution in [0.25, 0.3) is 82.5 Å². The molecule has 45 heavy (non-hydrogen) atoms. The number of hydrogen-bond acceptors (Lipinski definition) is 1. The van der Waals surface area contributed by atoms with Gasteiger partial charge in [-0.05, 0) is 84.7 Å². The molecule has 3 heterocycles. The molecule has 10 rings (SSSR count). The van der Waals surface area contributed by atoms with Crippen molar-refractivity contribution >= 4 is 76.8 Å². The first-order valence-corrected chi connectivity index (χ1v) is 15.7. The predicted molar refractivity (Wildman–Crippen MR) is 189 cm³/mol. The van der Waals surface area contributed by atoms with Gasteiger partial charge in [0.05, 0.1) is 22.1 Å². The normalized spacial score (nSPS) is 13.9. The molecule has 0 N–H and O–H groups in total. The van der Waals surface area contributed by atoms with Crippen molar-refractivity contribution in [3.63, 3.8) is 0 Å². The SMILES string of the molecule is C1=C(c2ccc3oc4ccc(-n5c6ccccc6c6ccccc65)cc4c3c2)CCC=C1n1c2ccccc2c2ccccc21. The highest BCUT2D eigenvalue weighted by molar-refractivity contribution is 6.12. The molecule has 3 nitrogen and oxygen atoms in total. The number of allylic oxidation sites excluding steroid dienone is 4. The molecule has 0 bridgehead atoms. The second kappa shape index (κ2) is 9.35. The molecule has 3 aromatic heterocycles. The van der Waals surface area contributed by atoms with Gasteiger partial charge >= 0.3 is 0 Å². The fourth-order valence-corrected chi connectivity index (χ4v) is 7.57. The molecule has 0 atom stereocenters. The molecule has 0 spiro atoms. The summed E-state index contributed by atoms with van der Waals surface area (Å²) in [6.07, 6.45) is 6.78. The van der Waals surface area contributed by atoms with Gasteiger partial charge in [0.15, 0.2) is 0 Å². The van der Waals surface area contributed by atoms with Crippen molar-refractivity contribution in [2.75, 3.05) is 0 Å². The highest BCUT2D eigenvalue weighted by Crippen LogP contribution is 2.39. The average Bonchev–Trinajstić information content (AvgIpc) is 3.75. The van der Waals surface area contributed by atoms with Gasteiger partial charge in [-0.1, -0.05) is 84.9 Å². The summed E-state index contributed by atoms with van der Waals surface area (Å²) >= 11 is 0. The summed E-state index contributed by atoms with van der Waals surface area (Å²) in [6, 6.07) is 48.1. The second-order valence-corrected chi connectivity index (χ2v) is 12.1. The molecule has 0 radical (unpaired) electrons. The molecule has 0 unspecified atom stereocenters. The molecule has 0 amide bonds. The van der Waals surface area contributed by atoms with Crippen LogP contribution in [-0.4, -0.2) is 9.13 Å². The van der Waals surface area contributed by atoms with Crippen molar-refractivity contribution in [2.24, 2.45) is 0 Å². The lowest BCUT2D eigenvalue weighted by Crippen LogP contribution is -2.00. The number of furan rings is 1. The summed E-state index contributed by atoms with van der Waals surface area (Å²) in [5.41, 5.74) is 11.7. The molecule has 0 fully saturated rings. The smallest absolute Gasteiger partial charge is 0.135 e. The minimum atomic E-state index is 0.912. The van der Waals surface area contributed by atoms with Crippen LogP contribution in [0.15, 0.2) is 150 Å². The Morgan fingerprint density at radius 3 is 1.58 bits per heavy atom. The fraction of sp³-hybridized carbons (Fsp3) is 0.0476. The minimum absolute atomic E-state index is 0.912. The summed E-state index contributed by atoms with van der Waals surface area (Å²) in [5.74, 6) is 0. The van der Waals surface area contributed by atoms with E-state index < -0.39 is 0 Å². The molecule has 6 aromatic carbocycles. The maximum absolute atomic E-state index is 6.37. The first kappa shape index (κ1) is 24.6. The maximum atomic E-state index is 6.37. The lowest BCUT2D eigenvalue weighted by Gasteiger charge is -2.17. The van der Waals surface area contributed by atoms with Gasteiger partial charge in [0.25, 0.3) is 0 Å². The molecule has 3 heteroatoms. The van der Waals surface area contributed by atoms with E-state index in [1.54, 1.807) is 0 Å². The zero-order chi connectivity index (χ0) is 29.5. The Morgan fingerprint density at radius 2 is 0.978 bits per heavy atom. The van der Waals surface area contributed by atoms with Crippen LogP contribution < -0.4 is 0 Å². The van der Waals surface area contributed by atoms with Gasteiger partial charge in [-0.25, -0.2) is 0 Å². The molecule has 9 aromatic rings. The van der Waals surface area contributed by atoms with E-state index in [0.29, 0.717) is 0 Å². The third-order valence-electron chi connectivity index (χ3n) is 9.59. The van der Waals surface area contributed by atoms with Crippen molar-refractivity contribution < 1.29 is 4.42 Å². The number of benzene rings is 6. The molecule has 0 saturated carbocycles. The van der Waals surface area contributed by atoms with Crippen LogP contribution in [0.5, 0.6) is 0 Å². The summed E-state index contributed by atoms with van der Waals surface area (Å²) in [7, 11) is 0. The zero-order valence-corrected chi connectivity index (χ0v) is 24.6. The Balaban J connectivity index is 1.13. The van der Waals surface area contributed by atoms with Gasteiger partial charge in [-0.15, -0.1) is 0 Å². The van der Waals surface area contributed by atoms with Crippen LogP contribution in [0.1, 0.15) is 18.4 Å². The topological polar surface area (TPSA) is 23.0 Å². The maximum Gasteiger partial charge on any atom is 0.135 e. The van der Waals surface area contributed by atoms with E-state index in [1.807, 2.05) is 0 Å². The molecule has 0 aliphatic heterocycles. The zero-order valence-electron chi connectivity index (χ0n) is 24.6. The number of aromatic nitrogens is 2. The molecule has 212 valence electrons. The number of hydrogen-bond donors (Lipinski definition) is 0. The lowest BCUT2D eigenvalue weighted by molar-refractivity contribution is 0.669. The van der Waals surface area contributed by atoms with Crippen molar-refractivity contribution in [3.05, 3.63) is 151 Å². The van der Waals surface area contributed by atoms with Crippen LogP contribution in [0.3, 0.4) is 0 Å². The lowest BCUT2D eigenvalue weighted by atomic mass is 9.94. The third kappa shape index (κ3) is 3.58. The highest BCUT2D eigenvalue weighted by Gasteiger charge is 2.18. The summed E-state index contributed by atoms with van der Waals surface area (Å²) in [5, 5.41) is 7.41. The number of para-hydroxylation sites is 4. The number of nitrogens with zero attached hydrogens (tertiary/aromatic N) is 2. The molecule has 1 aliphatic rings. The second-order valence-electron chi connectivity index (χ2n) is 12.1. The van der Waals surface area contributed by atoms with Gasteiger partial charge < -0.3 is 13.6 Å². The van der Waals surface area contributed by atoms with E-state index in [0.717, 1.165) is 40.5 Å². The Bertz CT molecular complexity index is 2600. The van der Waals surface area contributed by atoms with E-state index in [1.165, 1.54) is 60.4 Å². The summed E-state index contributed by atoms with van der Waals surface area (Å²) < 4.78 is 11.2. The van der Waals surface area contributed by atoms with Crippen LogP contribution in [0, 0.1) is 0 Å². The Labute approximate surface area is 259 Å². The third-order valence-corrected chi connectivity index (χ3v) is 9.59. The van der Waals surface area contributed by atoms with Gasteiger partial charge in [0.1, 0.15) is 11.2 Å². The van der Waals surface area contributed by atoms with E-state index in [4.69, 9.17) is 4.42 Å².